The molecule has 0 bridgehead atoms. The second-order valence-electron chi connectivity index (χ2n) is 8.50. The number of nitrogens with zero attached hydrogens (tertiary/aromatic N) is 1. The molecule has 0 aromatic heterocycles. The average Bonchev–Trinajstić information content (AvgIpc) is 3.33. The van der Waals surface area contributed by atoms with Crippen molar-refractivity contribution < 1.29 is 29.0 Å². The van der Waals surface area contributed by atoms with Crippen LogP contribution in [0.2, 0.25) is 0 Å². The number of amides is 2. The number of carbonyl (C=O) groups excluding carboxylic acids is 2. The first-order valence-electron chi connectivity index (χ1n) is 10.7. The van der Waals surface area contributed by atoms with Gasteiger partial charge in [0.1, 0.15) is 6.61 Å². The summed E-state index contributed by atoms with van der Waals surface area (Å²) in [6.07, 6.45) is -0.591. The molecule has 5 rings (SSSR count). The van der Waals surface area contributed by atoms with E-state index in [0.717, 1.165) is 22.3 Å². The third-order valence-electron chi connectivity index (χ3n) is 6.59. The quantitative estimate of drug-likeness (QED) is 0.744. The maximum atomic E-state index is 12.7. The number of hydrogen-bond acceptors (Lipinski definition) is 5. The van der Waals surface area contributed by atoms with Crippen LogP contribution in [0.5, 0.6) is 0 Å². The second kappa shape index (κ2) is 8.27. The lowest BCUT2D eigenvalue weighted by Crippen LogP contribution is -2.57. The third kappa shape index (κ3) is 3.60. The first kappa shape index (κ1) is 20.5. The van der Waals surface area contributed by atoms with Gasteiger partial charge in [-0.25, -0.2) is 4.79 Å². The highest BCUT2D eigenvalue weighted by atomic mass is 16.5. The van der Waals surface area contributed by atoms with Gasteiger partial charge >= 0.3 is 12.1 Å². The Labute approximate surface area is 185 Å². The fraction of sp³-hybridized carbons (Fsp3) is 0.375. The minimum absolute atomic E-state index is 0.0422. The van der Waals surface area contributed by atoms with Crippen LogP contribution in [0, 0.1) is 11.8 Å². The highest BCUT2D eigenvalue weighted by Crippen LogP contribution is 2.44. The number of ether oxygens (including phenoxy) is 2. The van der Waals surface area contributed by atoms with Gasteiger partial charge in [-0.3, -0.25) is 9.59 Å². The van der Waals surface area contributed by atoms with Crippen molar-refractivity contribution in [2.75, 3.05) is 32.9 Å². The van der Waals surface area contributed by atoms with Gasteiger partial charge in [-0.1, -0.05) is 48.5 Å². The maximum absolute atomic E-state index is 12.7. The summed E-state index contributed by atoms with van der Waals surface area (Å²) in [5, 5.41) is 11.8. The van der Waals surface area contributed by atoms with Gasteiger partial charge in [0, 0.05) is 19.0 Å². The molecule has 2 aromatic rings. The van der Waals surface area contributed by atoms with E-state index in [1.54, 1.807) is 0 Å². The summed E-state index contributed by atoms with van der Waals surface area (Å²) in [5.74, 6) is -2.19. The smallest absolute Gasteiger partial charge is 0.407 e. The highest BCUT2D eigenvalue weighted by molar-refractivity contribution is 5.84. The zero-order valence-corrected chi connectivity index (χ0v) is 17.4. The summed E-state index contributed by atoms with van der Waals surface area (Å²) >= 11 is 0. The number of aliphatic carboxylic acids is 1. The van der Waals surface area contributed by atoms with E-state index in [-0.39, 0.29) is 44.7 Å². The molecule has 0 spiro atoms. The van der Waals surface area contributed by atoms with E-state index >= 15 is 0 Å². The Kier molecular flexibility index (Phi) is 5.30. The van der Waals surface area contributed by atoms with Crippen molar-refractivity contribution >= 4 is 18.0 Å². The van der Waals surface area contributed by atoms with Gasteiger partial charge in [0.2, 0.25) is 5.91 Å². The van der Waals surface area contributed by atoms with Crippen molar-refractivity contribution in [3.05, 3.63) is 59.7 Å². The lowest BCUT2D eigenvalue weighted by atomic mass is 9.95. The average molecular weight is 436 g/mol. The van der Waals surface area contributed by atoms with Crippen LogP contribution in [0.1, 0.15) is 17.0 Å². The zero-order valence-electron chi connectivity index (χ0n) is 17.4. The molecule has 166 valence electrons. The Hall–Kier alpha value is -3.39. The summed E-state index contributed by atoms with van der Waals surface area (Å²) in [5.41, 5.74) is 4.57. The first-order valence-corrected chi connectivity index (χ1v) is 10.7. The predicted molar refractivity (Wildman–Crippen MR) is 114 cm³/mol. The minimum atomic E-state index is -0.898. The molecule has 2 aliphatic heterocycles. The van der Waals surface area contributed by atoms with E-state index in [0.29, 0.717) is 0 Å². The summed E-state index contributed by atoms with van der Waals surface area (Å²) in [6.45, 7) is 1.00. The van der Waals surface area contributed by atoms with E-state index < -0.39 is 29.9 Å². The van der Waals surface area contributed by atoms with Gasteiger partial charge in [-0.15, -0.1) is 0 Å². The molecule has 8 nitrogen and oxygen atoms in total. The molecule has 2 unspecified atom stereocenters. The Bertz CT molecular complexity index is 1020. The largest absolute Gasteiger partial charge is 0.481 e. The van der Waals surface area contributed by atoms with Crippen LogP contribution in [0.15, 0.2) is 48.5 Å². The Morgan fingerprint density at radius 1 is 1.00 bits per heavy atom. The summed E-state index contributed by atoms with van der Waals surface area (Å²) in [4.78, 5) is 37.7. The summed E-state index contributed by atoms with van der Waals surface area (Å²) in [7, 11) is 0. The number of carboxylic acids is 1. The molecule has 2 saturated heterocycles. The molecular formula is C24H24N2O6. The predicted octanol–water partition coefficient (Wildman–Crippen LogP) is 2.08. The van der Waals surface area contributed by atoms with Crippen LogP contribution < -0.4 is 5.32 Å². The van der Waals surface area contributed by atoms with Gasteiger partial charge in [0.25, 0.3) is 0 Å². The molecule has 1 aliphatic carbocycles. The normalized spacial score (nSPS) is 22.1. The van der Waals surface area contributed by atoms with E-state index in [4.69, 9.17) is 14.6 Å². The van der Waals surface area contributed by atoms with Gasteiger partial charge in [-0.2, -0.15) is 0 Å². The second-order valence-corrected chi connectivity index (χ2v) is 8.50. The van der Waals surface area contributed by atoms with Gasteiger partial charge in [-0.05, 0) is 22.3 Å². The number of carboxylic acid groups (broad SMARTS) is 1. The Balaban J connectivity index is 1.19. The lowest BCUT2D eigenvalue weighted by Gasteiger charge is -2.38. The number of carbonyl (C=O) groups is 3. The van der Waals surface area contributed by atoms with E-state index in [9.17, 15) is 14.4 Å². The third-order valence-corrected chi connectivity index (χ3v) is 6.59. The van der Waals surface area contributed by atoms with Gasteiger partial charge < -0.3 is 24.8 Å². The van der Waals surface area contributed by atoms with Crippen LogP contribution in [-0.2, 0) is 19.1 Å². The Morgan fingerprint density at radius 3 is 2.25 bits per heavy atom. The summed E-state index contributed by atoms with van der Waals surface area (Å²) in [6, 6.07) is 15.7. The Morgan fingerprint density at radius 2 is 1.62 bits per heavy atom. The molecule has 3 aliphatic rings. The molecular weight excluding hydrogens is 412 g/mol. The maximum Gasteiger partial charge on any atom is 0.407 e. The van der Waals surface area contributed by atoms with Crippen molar-refractivity contribution in [1.29, 1.82) is 0 Å². The number of hydrogen-bond donors (Lipinski definition) is 2. The highest BCUT2D eigenvalue weighted by Gasteiger charge is 2.43. The molecule has 2 aromatic carbocycles. The molecule has 0 radical (unpaired) electrons. The number of nitrogens with one attached hydrogen (secondary N) is 1. The van der Waals surface area contributed by atoms with Gasteiger partial charge in [0.15, 0.2) is 0 Å². The number of rotatable bonds is 5. The standard InChI is InChI=1S/C24H24N2O6/c27-22(26-9-14(10-26)23(28)29)20-11-31-13-21(20)25-24(30)32-12-19-17-7-3-1-5-15(17)16-6-2-4-8-18(16)19/h1-8,14,19-21H,9-13H2,(H,25,30)(H,28,29). The lowest BCUT2D eigenvalue weighted by molar-refractivity contribution is -0.154. The van der Waals surface area contributed by atoms with Crippen LogP contribution in [0.4, 0.5) is 4.79 Å². The summed E-state index contributed by atoms with van der Waals surface area (Å²) < 4.78 is 11.0. The molecule has 2 fully saturated rings. The molecule has 32 heavy (non-hydrogen) atoms. The first-order chi connectivity index (χ1) is 15.5. The number of alkyl carbamates (subject to hydrolysis) is 1. The van der Waals surface area contributed by atoms with Crippen LogP contribution in [0.3, 0.4) is 0 Å². The number of benzene rings is 2. The number of fused-ring (bicyclic) bond motifs is 3. The molecule has 2 N–H and O–H groups in total. The molecule has 2 heterocycles. The fourth-order valence-corrected chi connectivity index (χ4v) is 4.78. The molecule has 2 atom stereocenters. The topological polar surface area (TPSA) is 105 Å². The number of likely N-dealkylation sites (tertiary alicyclic amines) is 1. The van der Waals surface area contributed by atoms with Crippen LogP contribution in [-0.4, -0.2) is 66.9 Å². The molecule has 8 heteroatoms. The fourth-order valence-electron chi connectivity index (χ4n) is 4.78. The van der Waals surface area contributed by atoms with Crippen LogP contribution >= 0.6 is 0 Å². The molecule has 2 amide bonds. The van der Waals surface area contributed by atoms with E-state index in [1.165, 1.54) is 4.90 Å². The molecule has 0 saturated carbocycles. The minimum Gasteiger partial charge on any atom is -0.481 e. The van der Waals surface area contributed by atoms with E-state index in [2.05, 4.69) is 29.6 Å². The van der Waals surface area contributed by atoms with Crippen molar-refractivity contribution in [1.82, 2.24) is 10.2 Å². The van der Waals surface area contributed by atoms with E-state index in [1.807, 2.05) is 24.3 Å². The van der Waals surface area contributed by atoms with Crippen LogP contribution in [0.25, 0.3) is 11.1 Å². The SMILES string of the molecule is O=C(NC1COCC1C(=O)N1CC(C(=O)O)C1)OCC1c2ccccc2-c2ccccc21. The monoisotopic (exact) mass is 436 g/mol. The van der Waals surface area contributed by atoms with Crippen molar-refractivity contribution in [2.24, 2.45) is 11.8 Å². The van der Waals surface area contributed by atoms with Crippen molar-refractivity contribution in [3.8, 4) is 11.1 Å². The zero-order chi connectivity index (χ0) is 22.2. The van der Waals surface area contributed by atoms with Gasteiger partial charge in [0.05, 0.1) is 31.1 Å². The van der Waals surface area contributed by atoms with Crippen molar-refractivity contribution in [2.45, 2.75) is 12.0 Å². The van der Waals surface area contributed by atoms with Crippen molar-refractivity contribution in [3.63, 3.8) is 0 Å².